The Labute approximate surface area is 206 Å². The number of benzene rings is 1. The van der Waals surface area contributed by atoms with Gasteiger partial charge < -0.3 is 14.9 Å². The number of hydrogen-bond donors (Lipinski definition) is 3. The fraction of sp³-hybridized carbons (Fsp3) is 0.148. The van der Waals surface area contributed by atoms with Gasteiger partial charge in [0.2, 0.25) is 5.91 Å². The molecule has 1 amide bonds. The van der Waals surface area contributed by atoms with Crippen molar-refractivity contribution in [1.29, 1.82) is 0 Å². The number of aryl methyl sites for hydroxylation is 1. The van der Waals surface area contributed by atoms with Gasteiger partial charge in [-0.1, -0.05) is 13.0 Å². The zero-order valence-corrected chi connectivity index (χ0v) is 19.9. The van der Waals surface area contributed by atoms with E-state index < -0.39 is 0 Å². The second-order valence-electron chi connectivity index (χ2n) is 8.82. The number of carbonyl (C=O) groups excluding carboxylic acids is 1. The van der Waals surface area contributed by atoms with Crippen molar-refractivity contribution in [2.24, 2.45) is 0 Å². The lowest BCUT2D eigenvalue weighted by Crippen LogP contribution is -2.10. The molecular formula is C27H24N8O. The predicted molar refractivity (Wildman–Crippen MR) is 140 cm³/mol. The number of nitrogens with zero attached hydrogens (tertiary/aromatic N) is 5. The summed E-state index contributed by atoms with van der Waals surface area (Å²) in [4.78, 5) is 28.6. The van der Waals surface area contributed by atoms with E-state index >= 15 is 0 Å². The van der Waals surface area contributed by atoms with E-state index in [2.05, 4.69) is 47.6 Å². The van der Waals surface area contributed by atoms with E-state index in [1.807, 2.05) is 55.2 Å². The average molecular weight is 477 g/mol. The van der Waals surface area contributed by atoms with Gasteiger partial charge in [0.25, 0.3) is 0 Å². The molecule has 178 valence electrons. The first-order valence-electron chi connectivity index (χ1n) is 11.8. The van der Waals surface area contributed by atoms with Crippen molar-refractivity contribution in [2.75, 3.05) is 5.32 Å². The lowest BCUT2D eigenvalue weighted by molar-refractivity contribution is -0.116. The van der Waals surface area contributed by atoms with Crippen molar-refractivity contribution in [3.8, 4) is 28.2 Å². The van der Waals surface area contributed by atoms with Crippen LogP contribution in [0.4, 0.5) is 5.69 Å². The van der Waals surface area contributed by atoms with Crippen LogP contribution in [0.25, 0.3) is 50.0 Å². The number of pyridine rings is 2. The third-order valence-electron chi connectivity index (χ3n) is 6.16. The van der Waals surface area contributed by atoms with Crippen molar-refractivity contribution in [1.82, 2.24) is 34.7 Å². The Kier molecular flexibility index (Phi) is 5.29. The van der Waals surface area contributed by atoms with Gasteiger partial charge in [0.15, 0.2) is 0 Å². The van der Waals surface area contributed by atoms with Crippen LogP contribution in [-0.4, -0.2) is 40.6 Å². The fourth-order valence-electron chi connectivity index (χ4n) is 4.44. The molecule has 0 radical (unpaired) electrons. The maximum atomic E-state index is 12.0. The molecule has 0 bridgehead atoms. The second kappa shape index (κ2) is 8.77. The van der Waals surface area contributed by atoms with E-state index in [0.29, 0.717) is 12.1 Å². The summed E-state index contributed by atoms with van der Waals surface area (Å²) < 4.78 is 1.97. The summed E-state index contributed by atoms with van der Waals surface area (Å²) in [5, 5.41) is 12.7. The molecule has 0 saturated carbocycles. The van der Waals surface area contributed by atoms with Crippen LogP contribution in [0.3, 0.4) is 0 Å². The van der Waals surface area contributed by atoms with Gasteiger partial charge in [-0.25, -0.2) is 4.98 Å². The molecule has 0 aliphatic carbocycles. The number of rotatable bonds is 6. The molecule has 0 unspecified atom stereocenters. The lowest BCUT2D eigenvalue weighted by Gasteiger charge is -2.07. The van der Waals surface area contributed by atoms with Crippen LogP contribution in [0.1, 0.15) is 25.5 Å². The molecule has 6 aromatic rings. The van der Waals surface area contributed by atoms with Crippen LogP contribution in [0.15, 0.2) is 67.6 Å². The first kappa shape index (κ1) is 21.7. The van der Waals surface area contributed by atoms with E-state index in [-0.39, 0.29) is 5.91 Å². The molecular weight excluding hydrogens is 452 g/mol. The van der Waals surface area contributed by atoms with Crippen LogP contribution >= 0.6 is 0 Å². The summed E-state index contributed by atoms with van der Waals surface area (Å²) in [6.45, 7) is 3.94. The second-order valence-corrected chi connectivity index (χ2v) is 8.82. The highest BCUT2D eigenvalue weighted by Gasteiger charge is 2.15. The summed E-state index contributed by atoms with van der Waals surface area (Å²) in [6.07, 6.45) is 12.2. The molecule has 3 N–H and O–H groups in total. The third kappa shape index (κ3) is 3.90. The van der Waals surface area contributed by atoms with Gasteiger partial charge in [0, 0.05) is 35.2 Å². The normalized spacial score (nSPS) is 11.4. The number of carbonyl (C=O) groups is 1. The number of aromatic amines is 2. The van der Waals surface area contributed by atoms with E-state index in [4.69, 9.17) is 0 Å². The molecule has 5 aromatic heterocycles. The SMILES string of the molecule is CCCC(=O)Nc1cncc(-c2ccc3[nH]nc(-c4cc5c(-n6cnc(C)c6)cncc5[nH]4)c3c2)c1. The summed E-state index contributed by atoms with van der Waals surface area (Å²) in [5.74, 6) is -0.0115. The molecule has 1 aromatic carbocycles. The molecule has 0 spiro atoms. The van der Waals surface area contributed by atoms with Crippen molar-refractivity contribution in [2.45, 2.75) is 26.7 Å². The summed E-state index contributed by atoms with van der Waals surface area (Å²) in [5.41, 5.74) is 8.02. The summed E-state index contributed by atoms with van der Waals surface area (Å²) >= 11 is 0. The molecule has 0 aliphatic heterocycles. The Morgan fingerprint density at radius 1 is 1.00 bits per heavy atom. The van der Waals surface area contributed by atoms with Crippen molar-refractivity contribution >= 4 is 33.4 Å². The quantitative estimate of drug-likeness (QED) is 0.297. The average Bonchev–Trinajstić information content (AvgIpc) is 3.61. The first-order valence-corrected chi connectivity index (χ1v) is 11.8. The minimum atomic E-state index is -0.0115. The predicted octanol–water partition coefficient (Wildman–Crippen LogP) is 5.40. The first-order chi connectivity index (χ1) is 17.6. The molecule has 0 fully saturated rings. The van der Waals surface area contributed by atoms with Crippen molar-refractivity contribution in [3.63, 3.8) is 0 Å². The number of fused-ring (bicyclic) bond motifs is 2. The fourth-order valence-corrected chi connectivity index (χ4v) is 4.44. The Bertz CT molecular complexity index is 1720. The maximum Gasteiger partial charge on any atom is 0.224 e. The highest BCUT2D eigenvalue weighted by atomic mass is 16.1. The lowest BCUT2D eigenvalue weighted by atomic mass is 10.0. The van der Waals surface area contributed by atoms with Gasteiger partial charge in [-0.05, 0) is 43.2 Å². The van der Waals surface area contributed by atoms with Gasteiger partial charge >= 0.3 is 0 Å². The van der Waals surface area contributed by atoms with Crippen LogP contribution in [0.5, 0.6) is 0 Å². The minimum absolute atomic E-state index is 0.0115. The molecule has 0 saturated heterocycles. The Morgan fingerprint density at radius 3 is 2.72 bits per heavy atom. The van der Waals surface area contributed by atoms with Crippen LogP contribution in [0, 0.1) is 6.92 Å². The van der Waals surface area contributed by atoms with Gasteiger partial charge in [0.1, 0.15) is 5.69 Å². The zero-order chi connectivity index (χ0) is 24.6. The number of hydrogen-bond acceptors (Lipinski definition) is 5. The van der Waals surface area contributed by atoms with Crippen molar-refractivity contribution < 1.29 is 4.79 Å². The van der Waals surface area contributed by atoms with Crippen LogP contribution in [-0.2, 0) is 4.79 Å². The van der Waals surface area contributed by atoms with E-state index in [9.17, 15) is 4.79 Å². The molecule has 9 nitrogen and oxygen atoms in total. The standard InChI is InChI=1S/C27H24N8O/c1-3-4-26(36)31-19-7-18(10-28-11-19)17-5-6-22-21(8-17)27(34-33-22)23-9-20-24(32-23)12-29-13-25(20)35-14-16(2)30-15-35/h5-15,32H,3-4H2,1-2H3,(H,31,36)(H,33,34). The molecule has 36 heavy (non-hydrogen) atoms. The summed E-state index contributed by atoms with van der Waals surface area (Å²) in [6, 6.07) is 10.2. The number of aromatic nitrogens is 7. The Morgan fingerprint density at radius 2 is 1.89 bits per heavy atom. The summed E-state index contributed by atoms with van der Waals surface area (Å²) in [7, 11) is 0. The highest BCUT2D eigenvalue weighted by Crippen LogP contribution is 2.33. The number of imidazole rings is 1. The van der Waals surface area contributed by atoms with Gasteiger partial charge in [-0.2, -0.15) is 5.10 Å². The van der Waals surface area contributed by atoms with Crippen LogP contribution < -0.4 is 5.32 Å². The zero-order valence-electron chi connectivity index (χ0n) is 19.9. The third-order valence-corrected chi connectivity index (χ3v) is 6.16. The topological polar surface area (TPSA) is 117 Å². The van der Waals surface area contributed by atoms with Crippen LogP contribution in [0.2, 0.25) is 0 Å². The van der Waals surface area contributed by atoms with E-state index in [1.165, 1.54) is 0 Å². The maximum absolute atomic E-state index is 12.0. The van der Waals surface area contributed by atoms with E-state index in [0.717, 1.165) is 62.1 Å². The number of nitrogens with one attached hydrogen (secondary N) is 3. The van der Waals surface area contributed by atoms with Crippen molar-refractivity contribution in [3.05, 3.63) is 73.3 Å². The Hall–Kier alpha value is -4.79. The van der Waals surface area contributed by atoms with Gasteiger partial charge in [-0.3, -0.25) is 19.9 Å². The molecule has 5 heterocycles. The van der Waals surface area contributed by atoms with E-state index in [1.54, 1.807) is 18.7 Å². The van der Waals surface area contributed by atoms with Gasteiger partial charge in [-0.15, -0.1) is 0 Å². The smallest absolute Gasteiger partial charge is 0.224 e. The molecule has 9 heteroatoms. The minimum Gasteiger partial charge on any atom is -0.352 e. The number of H-pyrrole nitrogens is 2. The molecule has 0 aliphatic rings. The number of amides is 1. The highest BCUT2D eigenvalue weighted by molar-refractivity contribution is 5.99. The monoisotopic (exact) mass is 476 g/mol. The number of anilines is 1. The largest absolute Gasteiger partial charge is 0.352 e. The molecule has 0 atom stereocenters. The van der Waals surface area contributed by atoms with Gasteiger partial charge in [0.05, 0.1) is 58.7 Å². The molecule has 6 rings (SSSR count). The Balaban J connectivity index is 1.40.